The first kappa shape index (κ1) is 23.7. The minimum atomic E-state index is -4.55. The second-order valence-corrected chi connectivity index (χ2v) is 7.88. The van der Waals surface area contributed by atoms with Gasteiger partial charge in [-0.15, -0.1) is 0 Å². The minimum Gasteiger partial charge on any atom is -0.871 e. The Morgan fingerprint density at radius 1 is 0.656 bits per heavy atom. The van der Waals surface area contributed by atoms with Crippen molar-refractivity contribution in [2.24, 2.45) is 20.5 Å². The zero-order chi connectivity index (χ0) is 21.8. The Morgan fingerprint density at radius 3 is 1.81 bits per heavy atom. The minimum absolute atomic E-state index is 0. The smallest absolute Gasteiger partial charge is 0.871 e. The number of nitrogens with zero attached hydrogens (tertiary/aromatic N) is 4. The van der Waals surface area contributed by atoms with Gasteiger partial charge in [0.1, 0.15) is 4.90 Å². The zero-order valence-corrected chi connectivity index (χ0v) is 19.8. The third-order valence-electron chi connectivity index (χ3n) is 4.37. The van der Waals surface area contributed by atoms with Gasteiger partial charge < -0.3 is 5.11 Å². The van der Waals surface area contributed by atoms with Crippen LogP contribution in [0.3, 0.4) is 0 Å². The molecule has 4 rings (SSSR count). The van der Waals surface area contributed by atoms with Crippen molar-refractivity contribution in [3.8, 4) is 5.75 Å². The van der Waals surface area contributed by atoms with Crippen molar-refractivity contribution in [2.45, 2.75) is 4.90 Å². The van der Waals surface area contributed by atoms with Crippen LogP contribution in [0.2, 0.25) is 0 Å². The van der Waals surface area contributed by atoms with E-state index in [1.54, 1.807) is 30.3 Å². The molecule has 0 aliphatic carbocycles. The Kier molecular flexibility index (Phi) is 7.49. The van der Waals surface area contributed by atoms with Crippen LogP contribution in [0.15, 0.2) is 110 Å². The van der Waals surface area contributed by atoms with Crippen molar-refractivity contribution in [2.75, 3.05) is 0 Å². The summed E-state index contributed by atoms with van der Waals surface area (Å²) in [6.07, 6.45) is 0. The van der Waals surface area contributed by atoms with E-state index in [1.165, 1.54) is 24.3 Å². The Balaban J connectivity index is 0.00000289. The van der Waals surface area contributed by atoms with Crippen molar-refractivity contribution < 1.29 is 47.6 Å². The van der Waals surface area contributed by atoms with Gasteiger partial charge in [-0.3, -0.25) is 4.55 Å². The predicted octanol–water partition coefficient (Wildman–Crippen LogP) is 2.99. The van der Waals surface area contributed by atoms with Crippen molar-refractivity contribution in [1.82, 2.24) is 0 Å². The maximum Gasteiger partial charge on any atom is 1.00 e. The SMILES string of the molecule is O=S(=O)(O)c1cccc2ccc([O-])c(N=Nc3ccc(N=Nc4ccccc4)cc3)c12.[Na+]. The molecule has 1 N–H and O–H groups in total. The molecule has 10 heteroatoms. The topological polar surface area (TPSA) is 127 Å². The van der Waals surface area contributed by atoms with Crippen LogP contribution in [0.5, 0.6) is 5.75 Å². The van der Waals surface area contributed by atoms with Gasteiger partial charge >= 0.3 is 29.6 Å². The largest absolute Gasteiger partial charge is 1.00 e. The fraction of sp³-hybridized carbons (Fsp3) is 0. The molecule has 0 saturated carbocycles. The number of benzene rings is 4. The zero-order valence-electron chi connectivity index (χ0n) is 17.0. The predicted molar refractivity (Wildman–Crippen MR) is 114 cm³/mol. The molecule has 0 radical (unpaired) electrons. The molecule has 0 heterocycles. The van der Waals surface area contributed by atoms with E-state index in [9.17, 15) is 18.1 Å². The molecule has 0 aromatic heterocycles. The maximum atomic E-state index is 12.4. The molecule has 0 unspecified atom stereocenters. The first-order valence-electron chi connectivity index (χ1n) is 9.11. The monoisotopic (exact) mass is 454 g/mol. The molecule has 0 bridgehead atoms. The quantitative estimate of drug-likeness (QED) is 0.282. The third-order valence-corrected chi connectivity index (χ3v) is 5.27. The molecular weight excluding hydrogens is 439 g/mol. The number of fused-ring (bicyclic) bond motifs is 1. The van der Waals surface area contributed by atoms with Crippen LogP contribution >= 0.6 is 0 Å². The number of hydrogen-bond donors (Lipinski definition) is 1. The number of hydrogen-bond acceptors (Lipinski definition) is 7. The summed E-state index contributed by atoms with van der Waals surface area (Å²) >= 11 is 0. The van der Waals surface area contributed by atoms with Crippen LogP contribution < -0.4 is 34.7 Å². The Labute approximate surface area is 206 Å². The van der Waals surface area contributed by atoms with Crippen LogP contribution in [-0.2, 0) is 10.1 Å². The molecule has 0 spiro atoms. The van der Waals surface area contributed by atoms with E-state index >= 15 is 0 Å². The van der Waals surface area contributed by atoms with Crippen LogP contribution in [0, 0.1) is 0 Å². The molecule has 0 aliphatic heterocycles. The molecule has 4 aromatic carbocycles. The summed E-state index contributed by atoms with van der Waals surface area (Å²) in [7, 11) is -4.55. The van der Waals surface area contributed by atoms with Gasteiger partial charge in [-0.1, -0.05) is 48.2 Å². The van der Waals surface area contributed by atoms with Gasteiger partial charge in [-0.25, -0.2) is 0 Å². The molecule has 0 aliphatic rings. The summed E-state index contributed by atoms with van der Waals surface area (Å²) < 4.78 is 33.0. The molecule has 0 atom stereocenters. The summed E-state index contributed by atoms with van der Waals surface area (Å²) in [6, 6.07) is 23.0. The van der Waals surface area contributed by atoms with E-state index in [0.29, 0.717) is 16.8 Å². The number of rotatable bonds is 5. The molecular formula is C22H15N4NaO4S. The Morgan fingerprint density at radius 2 is 1.22 bits per heavy atom. The first-order valence-corrected chi connectivity index (χ1v) is 10.5. The average Bonchev–Trinajstić information content (AvgIpc) is 2.77. The van der Waals surface area contributed by atoms with Crippen molar-refractivity contribution >= 4 is 43.6 Å². The molecule has 0 saturated heterocycles. The summed E-state index contributed by atoms with van der Waals surface area (Å²) in [5.41, 5.74) is 1.59. The van der Waals surface area contributed by atoms with Gasteiger partial charge in [0.25, 0.3) is 10.1 Å². The summed E-state index contributed by atoms with van der Waals surface area (Å²) in [4.78, 5) is -0.395. The van der Waals surface area contributed by atoms with Gasteiger partial charge in [0.05, 0.1) is 22.7 Å². The van der Waals surface area contributed by atoms with Crippen LogP contribution in [-0.4, -0.2) is 13.0 Å². The van der Waals surface area contributed by atoms with Crippen molar-refractivity contribution in [3.05, 3.63) is 84.9 Å². The molecule has 8 nitrogen and oxygen atoms in total. The standard InChI is InChI=1S/C22H16N4O4S.Na/c27-19-14-9-15-5-4-8-20(31(28,29)30)21(15)22(19)26-25-18-12-10-17(11-13-18)24-23-16-6-2-1-3-7-16;/h1-14,27H,(H,28,29,30);/q;+1/p-1. The maximum absolute atomic E-state index is 12.4. The normalized spacial score (nSPS) is 11.8. The summed E-state index contributed by atoms with van der Waals surface area (Å²) in [5.74, 6) is -0.513. The molecule has 32 heavy (non-hydrogen) atoms. The van der Waals surface area contributed by atoms with Crippen LogP contribution in [0.4, 0.5) is 22.7 Å². The fourth-order valence-electron chi connectivity index (χ4n) is 2.93. The summed E-state index contributed by atoms with van der Waals surface area (Å²) in [5, 5.41) is 29.1. The molecule has 154 valence electrons. The van der Waals surface area contributed by atoms with E-state index in [0.717, 1.165) is 5.69 Å². The van der Waals surface area contributed by atoms with E-state index in [2.05, 4.69) is 20.5 Å². The van der Waals surface area contributed by atoms with Gasteiger partial charge in [0, 0.05) is 5.39 Å². The van der Waals surface area contributed by atoms with E-state index < -0.39 is 20.8 Å². The van der Waals surface area contributed by atoms with Crippen molar-refractivity contribution in [3.63, 3.8) is 0 Å². The Bertz CT molecular complexity index is 1410. The third kappa shape index (κ3) is 5.45. The van der Waals surface area contributed by atoms with E-state index in [-0.39, 0.29) is 40.6 Å². The van der Waals surface area contributed by atoms with Gasteiger partial charge in [0.2, 0.25) is 0 Å². The van der Waals surface area contributed by atoms with E-state index in [4.69, 9.17) is 0 Å². The van der Waals surface area contributed by atoms with Gasteiger partial charge in [-0.05, 0) is 47.9 Å². The van der Waals surface area contributed by atoms with Gasteiger partial charge in [0.15, 0.2) is 0 Å². The average molecular weight is 454 g/mol. The molecule has 0 fully saturated rings. The Hall–Kier alpha value is -2.95. The second kappa shape index (κ2) is 10.1. The van der Waals surface area contributed by atoms with Gasteiger partial charge in [-0.2, -0.15) is 28.9 Å². The first-order chi connectivity index (χ1) is 14.9. The summed E-state index contributed by atoms with van der Waals surface area (Å²) in [6.45, 7) is 0. The van der Waals surface area contributed by atoms with Crippen LogP contribution in [0.25, 0.3) is 10.8 Å². The molecule has 0 amide bonds. The van der Waals surface area contributed by atoms with Crippen molar-refractivity contribution in [1.29, 1.82) is 0 Å². The fourth-order valence-corrected chi connectivity index (χ4v) is 3.65. The molecule has 4 aromatic rings. The van der Waals surface area contributed by atoms with Crippen LogP contribution in [0.1, 0.15) is 0 Å². The van der Waals surface area contributed by atoms with E-state index in [1.807, 2.05) is 30.3 Å². The number of azo groups is 2. The second-order valence-electron chi connectivity index (χ2n) is 6.49.